The zero-order valence-corrected chi connectivity index (χ0v) is 14.7. The van der Waals surface area contributed by atoms with Gasteiger partial charge in [-0.1, -0.05) is 18.2 Å². The first-order valence-corrected chi connectivity index (χ1v) is 8.37. The fraction of sp³-hybridized carbons (Fsp3) is 0.150. The number of para-hydroxylation sites is 1. The molecule has 130 valence electrons. The van der Waals surface area contributed by atoms with Crippen LogP contribution < -0.4 is 0 Å². The lowest BCUT2D eigenvalue weighted by Gasteiger charge is -2.14. The number of aromatic nitrogens is 4. The lowest BCUT2D eigenvalue weighted by molar-refractivity contribution is -0.125. The summed E-state index contributed by atoms with van der Waals surface area (Å²) in [5, 5.41) is 1.17. The molecule has 3 aromatic heterocycles. The summed E-state index contributed by atoms with van der Waals surface area (Å²) in [6, 6.07) is 10.1. The van der Waals surface area contributed by atoms with E-state index in [1.807, 2.05) is 32.3 Å². The van der Waals surface area contributed by atoms with Crippen LogP contribution in [0.4, 0.5) is 0 Å². The molecule has 3 heterocycles. The molecule has 0 unspecified atom stereocenters. The number of amides is 1. The Morgan fingerprint density at radius 3 is 3.04 bits per heavy atom. The first-order chi connectivity index (χ1) is 12.6. The Balaban J connectivity index is 1.50. The summed E-state index contributed by atoms with van der Waals surface area (Å²) in [6.07, 6.45) is 8.74. The fourth-order valence-corrected chi connectivity index (χ4v) is 3.12. The fourth-order valence-electron chi connectivity index (χ4n) is 3.12. The number of aryl methyl sites for hydroxylation is 1. The highest BCUT2D eigenvalue weighted by atomic mass is 16.2. The van der Waals surface area contributed by atoms with E-state index in [0.29, 0.717) is 12.2 Å². The second kappa shape index (κ2) is 6.48. The van der Waals surface area contributed by atoms with Crippen molar-refractivity contribution in [2.45, 2.75) is 6.54 Å². The molecular formula is C20H19N5O. The van der Waals surface area contributed by atoms with Gasteiger partial charge < -0.3 is 14.5 Å². The van der Waals surface area contributed by atoms with Crippen molar-refractivity contribution in [1.82, 2.24) is 24.4 Å². The Hall–Kier alpha value is -3.41. The van der Waals surface area contributed by atoms with Crippen molar-refractivity contribution >= 4 is 34.1 Å². The molecule has 0 bridgehead atoms. The summed E-state index contributed by atoms with van der Waals surface area (Å²) < 4.78 is 2.09. The maximum absolute atomic E-state index is 12.5. The second-order valence-corrected chi connectivity index (χ2v) is 6.35. The maximum atomic E-state index is 12.5. The summed E-state index contributed by atoms with van der Waals surface area (Å²) in [5.74, 6) is -0.0531. The minimum atomic E-state index is -0.0531. The SMILES string of the molecule is CN(Cc1cn(C)c2ccccc12)C(=O)/C=C/c1cnc2nc[nH]c2c1. The Labute approximate surface area is 150 Å². The van der Waals surface area contributed by atoms with Crippen molar-refractivity contribution in [1.29, 1.82) is 0 Å². The molecule has 0 spiro atoms. The molecule has 0 radical (unpaired) electrons. The van der Waals surface area contributed by atoms with Crippen LogP contribution in [-0.4, -0.2) is 37.4 Å². The van der Waals surface area contributed by atoms with E-state index in [1.165, 1.54) is 5.39 Å². The summed E-state index contributed by atoms with van der Waals surface area (Å²) in [5.41, 5.74) is 4.67. The van der Waals surface area contributed by atoms with E-state index in [4.69, 9.17) is 0 Å². The monoisotopic (exact) mass is 345 g/mol. The van der Waals surface area contributed by atoms with Crippen LogP contribution in [0.25, 0.3) is 28.1 Å². The first kappa shape index (κ1) is 16.1. The molecule has 0 aliphatic heterocycles. The van der Waals surface area contributed by atoms with Gasteiger partial charge in [-0.05, 0) is 29.3 Å². The number of likely N-dealkylation sites (N-methyl/N-ethyl adjacent to an activating group) is 1. The van der Waals surface area contributed by atoms with Crippen LogP contribution in [0.3, 0.4) is 0 Å². The number of fused-ring (bicyclic) bond motifs is 2. The van der Waals surface area contributed by atoms with Crippen LogP contribution in [0.5, 0.6) is 0 Å². The van der Waals surface area contributed by atoms with Crippen LogP contribution in [0.1, 0.15) is 11.1 Å². The average Bonchev–Trinajstić information content (AvgIpc) is 3.24. The lowest BCUT2D eigenvalue weighted by atomic mass is 10.1. The second-order valence-electron chi connectivity index (χ2n) is 6.35. The molecular weight excluding hydrogens is 326 g/mol. The van der Waals surface area contributed by atoms with Gasteiger partial charge in [0.25, 0.3) is 0 Å². The van der Waals surface area contributed by atoms with E-state index < -0.39 is 0 Å². The van der Waals surface area contributed by atoms with Crippen molar-refractivity contribution in [2.24, 2.45) is 7.05 Å². The summed E-state index contributed by atoms with van der Waals surface area (Å²) in [7, 11) is 3.83. The van der Waals surface area contributed by atoms with Gasteiger partial charge in [-0.3, -0.25) is 4.79 Å². The Kier molecular flexibility index (Phi) is 4.01. The predicted octanol–water partition coefficient (Wildman–Crippen LogP) is 3.12. The molecule has 1 N–H and O–H groups in total. The number of carbonyl (C=O) groups excluding carboxylic acids is 1. The van der Waals surface area contributed by atoms with Crippen molar-refractivity contribution in [3.63, 3.8) is 0 Å². The normalized spacial score (nSPS) is 11.6. The standard InChI is InChI=1S/C20H19N5O/c1-24-11-15(16-5-3-4-6-18(16)24)12-25(2)19(26)8-7-14-9-17-20(21-10-14)23-13-22-17/h3-11,13H,12H2,1-2H3,(H,21,22,23)/b8-7+. The molecule has 0 aliphatic rings. The third kappa shape index (κ3) is 2.97. The number of H-pyrrole nitrogens is 1. The van der Waals surface area contributed by atoms with Gasteiger partial charge in [0.2, 0.25) is 5.91 Å². The van der Waals surface area contributed by atoms with E-state index in [1.54, 1.807) is 29.6 Å². The lowest BCUT2D eigenvalue weighted by Crippen LogP contribution is -2.24. The van der Waals surface area contributed by atoms with Gasteiger partial charge in [0.1, 0.15) is 0 Å². The average molecular weight is 345 g/mol. The van der Waals surface area contributed by atoms with Gasteiger partial charge in [0.15, 0.2) is 5.65 Å². The van der Waals surface area contributed by atoms with E-state index in [-0.39, 0.29) is 5.91 Å². The number of imidazole rings is 1. The quantitative estimate of drug-likeness (QED) is 0.578. The highest BCUT2D eigenvalue weighted by Crippen LogP contribution is 2.21. The van der Waals surface area contributed by atoms with Crippen molar-refractivity contribution in [2.75, 3.05) is 7.05 Å². The van der Waals surface area contributed by atoms with Crippen molar-refractivity contribution < 1.29 is 4.79 Å². The minimum Gasteiger partial charge on any atom is -0.350 e. The molecule has 0 fully saturated rings. The zero-order valence-electron chi connectivity index (χ0n) is 14.7. The molecule has 6 heteroatoms. The van der Waals surface area contributed by atoms with Gasteiger partial charge in [0.05, 0.1) is 11.8 Å². The molecule has 4 rings (SSSR count). The molecule has 0 saturated heterocycles. The third-order valence-corrected chi connectivity index (χ3v) is 4.48. The third-order valence-electron chi connectivity index (χ3n) is 4.48. The molecule has 0 aliphatic carbocycles. The molecule has 0 saturated carbocycles. The highest BCUT2D eigenvalue weighted by molar-refractivity contribution is 5.92. The van der Waals surface area contributed by atoms with Crippen LogP contribution in [0.15, 0.2) is 55.1 Å². The molecule has 0 atom stereocenters. The number of nitrogens with one attached hydrogen (secondary N) is 1. The van der Waals surface area contributed by atoms with E-state index >= 15 is 0 Å². The van der Waals surface area contributed by atoms with Crippen LogP contribution in [0.2, 0.25) is 0 Å². The summed E-state index contributed by atoms with van der Waals surface area (Å²) in [4.78, 5) is 25.5. The van der Waals surface area contributed by atoms with Crippen LogP contribution in [0, 0.1) is 0 Å². The number of pyridine rings is 1. The number of aromatic amines is 1. The predicted molar refractivity (Wildman–Crippen MR) is 102 cm³/mol. The largest absolute Gasteiger partial charge is 0.350 e. The van der Waals surface area contributed by atoms with Crippen molar-refractivity contribution in [3.05, 3.63) is 66.3 Å². The van der Waals surface area contributed by atoms with Gasteiger partial charge in [0, 0.05) is 50.0 Å². The van der Waals surface area contributed by atoms with Gasteiger partial charge in [-0.2, -0.15) is 0 Å². The number of hydrogen-bond acceptors (Lipinski definition) is 3. The van der Waals surface area contributed by atoms with Crippen LogP contribution >= 0.6 is 0 Å². The van der Waals surface area contributed by atoms with E-state index in [9.17, 15) is 4.79 Å². The van der Waals surface area contributed by atoms with Crippen LogP contribution in [-0.2, 0) is 18.4 Å². The minimum absolute atomic E-state index is 0.0531. The molecule has 1 amide bonds. The first-order valence-electron chi connectivity index (χ1n) is 8.37. The summed E-state index contributed by atoms with van der Waals surface area (Å²) >= 11 is 0. The Morgan fingerprint density at radius 2 is 2.15 bits per heavy atom. The maximum Gasteiger partial charge on any atom is 0.246 e. The summed E-state index contributed by atoms with van der Waals surface area (Å²) in [6.45, 7) is 0.558. The number of carbonyl (C=O) groups is 1. The number of rotatable bonds is 4. The Morgan fingerprint density at radius 1 is 1.31 bits per heavy atom. The van der Waals surface area contributed by atoms with Gasteiger partial charge in [-0.25, -0.2) is 9.97 Å². The number of benzene rings is 1. The molecule has 1 aromatic carbocycles. The topological polar surface area (TPSA) is 66.8 Å². The highest BCUT2D eigenvalue weighted by Gasteiger charge is 2.11. The molecule has 26 heavy (non-hydrogen) atoms. The van der Waals surface area contributed by atoms with E-state index in [0.717, 1.165) is 22.2 Å². The van der Waals surface area contributed by atoms with Gasteiger partial charge >= 0.3 is 0 Å². The van der Waals surface area contributed by atoms with Crippen molar-refractivity contribution in [3.8, 4) is 0 Å². The van der Waals surface area contributed by atoms with E-state index in [2.05, 4.69) is 37.8 Å². The molecule has 6 nitrogen and oxygen atoms in total. The number of nitrogens with zero attached hydrogens (tertiary/aromatic N) is 4. The Bertz CT molecular complexity index is 1120. The van der Waals surface area contributed by atoms with Gasteiger partial charge in [-0.15, -0.1) is 0 Å². The molecule has 4 aromatic rings. The zero-order chi connectivity index (χ0) is 18.1. The number of hydrogen-bond donors (Lipinski definition) is 1. The smallest absolute Gasteiger partial charge is 0.246 e.